The molecule has 2 amide bonds. The molecule has 0 aliphatic carbocycles. The van der Waals surface area contributed by atoms with Gasteiger partial charge in [0.25, 0.3) is 5.24 Å². The zero-order chi connectivity index (χ0) is 12.1. The molecule has 1 aliphatic heterocycles. The van der Waals surface area contributed by atoms with Gasteiger partial charge in [-0.1, -0.05) is 11.8 Å². The summed E-state index contributed by atoms with van der Waals surface area (Å²) in [5, 5.41) is 7.25. The fourth-order valence-corrected chi connectivity index (χ4v) is 2.23. The minimum atomic E-state index is -0.710. The summed E-state index contributed by atoms with van der Waals surface area (Å²) in [6.45, 7) is 0.0822. The number of hydrogen-bond acceptors (Lipinski definition) is 6. The van der Waals surface area contributed by atoms with E-state index in [9.17, 15) is 14.4 Å². The monoisotopic (exact) mass is 242 g/mol. The smallest absolute Gasteiger partial charge is 0.307 e. The molecule has 16 heavy (non-hydrogen) atoms. The summed E-state index contributed by atoms with van der Waals surface area (Å²) in [5.41, 5.74) is 0. The van der Waals surface area contributed by atoms with E-state index in [-0.39, 0.29) is 19.4 Å². The van der Waals surface area contributed by atoms with Crippen molar-refractivity contribution in [3.8, 4) is 6.07 Å². The normalized spacial score (nSPS) is 19.8. The molecule has 0 unspecified atom stereocenters. The molecule has 1 saturated heterocycles. The van der Waals surface area contributed by atoms with Crippen molar-refractivity contribution < 1.29 is 19.1 Å². The average molecular weight is 242 g/mol. The maximum absolute atomic E-state index is 11.6. The standard InChI is InChI=1S/C9H10N2O4S/c1-15-7(12)5-6-8(13)11(4-2-3-10)9(14)16-6/h6H,2,4-5H2,1H3/t6-/m1/s1. The first-order valence-corrected chi connectivity index (χ1v) is 5.44. The lowest BCUT2D eigenvalue weighted by molar-refractivity contribution is -0.142. The molecule has 6 nitrogen and oxygen atoms in total. The molecule has 1 atom stereocenters. The first kappa shape index (κ1) is 12.5. The Morgan fingerprint density at radius 1 is 1.62 bits per heavy atom. The van der Waals surface area contributed by atoms with Crippen molar-refractivity contribution in [2.75, 3.05) is 13.7 Å². The van der Waals surface area contributed by atoms with Crippen LogP contribution < -0.4 is 0 Å². The van der Waals surface area contributed by atoms with Gasteiger partial charge < -0.3 is 4.74 Å². The van der Waals surface area contributed by atoms with Crippen LogP contribution in [0.4, 0.5) is 4.79 Å². The summed E-state index contributed by atoms with van der Waals surface area (Å²) in [6.07, 6.45) is -0.0161. The SMILES string of the molecule is COC(=O)C[C@H]1SC(=O)N(CCC#N)C1=O. The predicted molar refractivity (Wildman–Crippen MR) is 55.4 cm³/mol. The molecule has 1 heterocycles. The quantitative estimate of drug-likeness (QED) is 0.668. The summed E-state index contributed by atoms with van der Waals surface area (Å²) in [5.74, 6) is -0.948. The number of nitriles is 1. The van der Waals surface area contributed by atoms with Crippen molar-refractivity contribution in [2.24, 2.45) is 0 Å². The molecule has 1 fully saturated rings. The van der Waals surface area contributed by atoms with Gasteiger partial charge in [-0.2, -0.15) is 5.26 Å². The van der Waals surface area contributed by atoms with Gasteiger partial charge in [-0.15, -0.1) is 0 Å². The molecule has 1 rings (SSSR count). The van der Waals surface area contributed by atoms with Gasteiger partial charge in [-0.05, 0) is 0 Å². The number of ether oxygens (including phenoxy) is 1. The molecule has 0 aromatic rings. The highest BCUT2D eigenvalue weighted by Gasteiger charge is 2.40. The van der Waals surface area contributed by atoms with Crippen molar-refractivity contribution in [1.82, 2.24) is 4.90 Å². The van der Waals surface area contributed by atoms with Crippen molar-refractivity contribution >= 4 is 28.9 Å². The largest absolute Gasteiger partial charge is 0.469 e. The topological polar surface area (TPSA) is 87.5 Å². The Morgan fingerprint density at radius 3 is 2.88 bits per heavy atom. The van der Waals surface area contributed by atoms with Crippen LogP contribution >= 0.6 is 11.8 Å². The number of esters is 1. The lowest BCUT2D eigenvalue weighted by atomic mass is 10.2. The molecule has 7 heteroatoms. The van der Waals surface area contributed by atoms with Gasteiger partial charge in [-0.3, -0.25) is 19.3 Å². The number of rotatable bonds is 4. The van der Waals surface area contributed by atoms with Gasteiger partial charge in [-0.25, -0.2) is 0 Å². The Kier molecular flexibility index (Phi) is 4.31. The van der Waals surface area contributed by atoms with E-state index in [1.165, 1.54) is 7.11 Å². The highest BCUT2D eigenvalue weighted by Crippen LogP contribution is 2.29. The van der Waals surface area contributed by atoms with E-state index in [1.54, 1.807) is 0 Å². The fraction of sp³-hybridized carbons (Fsp3) is 0.556. The van der Waals surface area contributed by atoms with Crippen molar-refractivity contribution in [2.45, 2.75) is 18.1 Å². The van der Waals surface area contributed by atoms with Crippen LogP contribution in [-0.4, -0.2) is 40.9 Å². The summed E-state index contributed by atoms with van der Waals surface area (Å²) in [6, 6.07) is 1.86. The second-order valence-corrected chi connectivity index (χ2v) is 4.20. The molecule has 0 spiro atoms. The minimum Gasteiger partial charge on any atom is -0.469 e. The third kappa shape index (κ3) is 2.73. The highest BCUT2D eigenvalue weighted by molar-refractivity contribution is 8.15. The third-order valence-corrected chi connectivity index (χ3v) is 3.11. The van der Waals surface area contributed by atoms with Crippen LogP contribution in [0.15, 0.2) is 0 Å². The number of carbonyl (C=O) groups excluding carboxylic acids is 3. The number of amides is 2. The molecule has 86 valence electrons. The van der Waals surface area contributed by atoms with Gasteiger partial charge in [0.2, 0.25) is 5.91 Å². The van der Waals surface area contributed by atoms with Gasteiger partial charge in [0, 0.05) is 6.54 Å². The Balaban J connectivity index is 2.60. The van der Waals surface area contributed by atoms with Crippen LogP contribution in [0.1, 0.15) is 12.8 Å². The zero-order valence-corrected chi connectivity index (χ0v) is 9.45. The minimum absolute atomic E-state index is 0.0822. The lowest BCUT2D eigenvalue weighted by Crippen LogP contribution is -2.33. The van der Waals surface area contributed by atoms with Gasteiger partial charge in [0.15, 0.2) is 0 Å². The van der Waals surface area contributed by atoms with Crippen molar-refractivity contribution in [3.05, 3.63) is 0 Å². The van der Waals surface area contributed by atoms with E-state index in [2.05, 4.69) is 4.74 Å². The third-order valence-electron chi connectivity index (χ3n) is 2.03. The van der Waals surface area contributed by atoms with Crippen molar-refractivity contribution in [1.29, 1.82) is 5.26 Å². The first-order chi connectivity index (χ1) is 7.60. The van der Waals surface area contributed by atoms with E-state index < -0.39 is 22.4 Å². The van der Waals surface area contributed by atoms with Gasteiger partial charge in [0.1, 0.15) is 5.25 Å². The summed E-state index contributed by atoms with van der Waals surface area (Å²) in [4.78, 5) is 35.0. The fourth-order valence-electron chi connectivity index (χ4n) is 1.23. The molecule has 0 radical (unpaired) electrons. The molecule has 0 aromatic carbocycles. The Bertz CT molecular complexity index is 363. The van der Waals surface area contributed by atoms with Gasteiger partial charge >= 0.3 is 5.97 Å². The molecular formula is C9H10N2O4S. The maximum atomic E-state index is 11.6. The molecule has 1 aliphatic rings. The van der Waals surface area contributed by atoms with E-state index in [1.807, 2.05) is 6.07 Å². The van der Waals surface area contributed by atoms with Crippen LogP contribution in [0.2, 0.25) is 0 Å². The second-order valence-electron chi connectivity index (χ2n) is 3.05. The van der Waals surface area contributed by atoms with E-state index in [0.717, 1.165) is 16.7 Å². The van der Waals surface area contributed by atoms with Crippen LogP contribution in [0, 0.1) is 11.3 Å². The van der Waals surface area contributed by atoms with Crippen LogP contribution in [-0.2, 0) is 14.3 Å². The number of hydrogen-bond donors (Lipinski definition) is 0. The average Bonchev–Trinajstić information content (AvgIpc) is 2.52. The number of methoxy groups -OCH3 is 1. The molecule has 0 bridgehead atoms. The predicted octanol–water partition coefficient (Wildman–Crippen LogP) is 0.527. The van der Waals surface area contributed by atoms with Crippen molar-refractivity contribution in [3.63, 3.8) is 0 Å². The van der Waals surface area contributed by atoms with E-state index >= 15 is 0 Å². The second kappa shape index (κ2) is 5.51. The maximum Gasteiger partial charge on any atom is 0.307 e. The zero-order valence-electron chi connectivity index (χ0n) is 8.63. The molecular weight excluding hydrogens is 232 g/mol. The number of imide groups is 1. The number of carbonyl (C=O) groups is 3. The Labute approximate surface area is 96.5 Å². The van der Waals surface area contributed by atoms with Crippen LogP contribution in [0.5, 0.6) is 0 Å². The molecule has 0 aromatic heterocycles. The summed E-state index contributed by atoms with van der Waals surface area (Å²) < 4.78 is 4.43. The van der Waals surface area contributed by atoms with E-state index in [0.29, 0.717) is 0 Å². The number of thioether (sulfide) groups is 1. The van der Waals surface area contributed by atoms with Crippen LogP contribution in [0.25, 0.3) is 0 Å². The molecule has 0 N–H and O–H groups in total. The summed E-state index contributed by atoms with van der Waals surface area (Å²) in [7, 11) is 1.22. The Morgan fingerprint density at radius 2 is 2.31 bits per heavy atom. The number of nitrogens with zero attached hydrogens (tertiary/aromatic N) is 2. The first-order valence-electron chi connectivity index (χ1n) is 4.56. The van der Waals surface area contributed by atoms with Crippen LogP contribution in [0.3, 0.4) is 0 Å². The Hall–Kier alpha value is -1.55. The van der Waals surface area contributed by atoms with E-state index in [4.69, 9.17) is 5.26 Å². The highest BCUT2D eigenvalue weighted by atomic mass is 32.2. The summed E-state index contributed by atoms with van der Waals surface area (Å²) >= 11 is 0.803. The molecule has 0 saturated carbocycles. The van der Waals surface area contributed by atoms with Gasteiger partial charge in [0.05, 0.1) is 26.0 Å². The lowest BCUT2D eigenvalue weighted by Gasteiger charge is -2.10.